The highest BCUT2D eigenvalue weighted by atomic mass is 16.3. The molecule has 2 heteroatoms. The summed E-state index contributed by atoms with van der Waals surface area (Å²) in [5.74, 6) is 0.301. The number of benzene rings is 1. The molecule has 1 aliphatic carbocycles. The zero-order chi connectivity index (χ0) is 16.7. The molecule has 2 rings (SSSR count). The second-order valence-corrected chi connectivity index (χ2v) is 8.15. The van der Waals surface area contributed by atoms with Crippen LogP contribution in [0.4, 0.5) is 0 Å². The van der Waals surface area contributed by atoms with E-state index >= 15 is 0 Å². The summed E-state index contributed by atoms with van der Waals surface area (Å²) in [5, 5.41) is 10.3. The molecule has 0 bridgehead atoms. The Morgan fingerprint density at radius 1 is 1.09 bits per heavy atom. The minimum absolute atomic E-state index is 0.0370. The fourth-order valence-corrected chi connectivity index (χ4v) is 3.17. The van der Waals surface area contributed by atoms with Crippen LogP contribution >= 0.6 is 0 Å². The molecule has 22 heavy (non-hydrogen) atoms. The molecule has 1 aromatic carbocycles. The molecule has 0 heterocycles. The lowest BCUT2D eigenvalue weighted by atomic mass is 9.63. The van der Waals surface area contributed by atoms with Crippen molar-refractivity contribution < 1.29 is 9.90 Å². The van der Waals surface area contributed by atoms with E-state index in [0.717, 1.165) is 12.8 Å². The lowest BCUT2D eigenvalue weighted by Crippen LogP contribution is -2.34. The van der Waals surface area contributed by atoms with Crippen LogP contribution in [0.3, 0.4) is 0 Å². The summed E-state index contributed by atoms with van der Waals surface area (Å²) in [4.78, 5) is 12.4. The molecule has 0 saturated heterocycles. The molecule has 0 radical (unpaired) electrons. The minimum atomic E-state index is -0.117. The number of fused-ring (bicyclic) bond motifs is 1. The van der Waals surface area contributed by atoms with Crippen LogP contribution in [-0.2, 0) is 10.8 Å². The smallest absolute Gasteiger partial charge is 0.189 e. The molecule has 2 nitrogen and oxygen atoms in total. The van der Waals surface area contributed by atoms with Gasteiger partial charge in [0.2, 0.25) is 0 Å². The second-order valence-electron chi connectivity index (χ2n) is 8.15. The van der Waals surface area contributed by atoms with Crippen molar-refractivity contribution in [2.45, 2.75) is 65.2 Å². The van der Waals surface area contributed by atoms with E-state index in [1.54, 1.807) is 6.08 Å². The van der Waals surface area contributed by atoms with Gasteiger partial charge in [0, 0.05) is 0 Å². The summed E-state index contributed by atoms with van der Waals surface area (Å²) >= 11 is 0. The van der Waals surface area contributed by atoms with E-state index in [0.29, 0.717) is 11.5 Å². The Bertz CT molecular complexity index is 619. The summed E-state index contributed by atoms with van der Waals surface area (Å²) in [6.07, 6.45) is 5.63. The van der Waals surface area contributed by atoms with Crippen molar-refractivity contribution in [2.75, 3.05) is 0 Å². The Balaban J connectivity index is 2.55. The fourth-order valence-electron chi connectivity index (χ4n) is 3.17. The number of allylic oxidation sites excluding steroid dienone is 2. The highest BCUT2D eigenvalue weighted by Crippen LogP contribution is 2.47. The summed E-state index contributed by atoms with van der Waals surface area (Å²) in [6.45, 7) is 12.9. The van der Waals surface area contributed by atoms with E-state index in [1.165, 1.54) is 11.1 Å². The third-order valence-electron chi connectivity index (χ3n) is 4.87. The highest BCUT2D eigenvalue weighted by Gasteiger charge is 2.38. The van der Waals surface area contributed by atoms with E-state index in [1.807, 2.05) is 32.1 Å². The number of hydrogen-bond acceptors (Lipinski definition) is 2. The maximum absolute atomic E-state index is 12.4. The number of phenolic OH excluding ortho intramolecular Hbond substituents is 1. The molecule has 0 amide bonds. The first-order chi connectivity index (χ1) is 10.0. The number of carbonyl (C=O) groups is 1. The normalized spacial score (nSPS) is 19.4. The Hall–Kier alpha value is -1.57. The largest absolute Gasteiger partial charge is 0.507 e. The standard InChI is InChI=1S/C20H28O2/c1-13(2)7-8-17(21)14-11-15-16(12-18(14)22)20(5,6)10-9-19(15,3)4/h7-8,11-13,22H,9-10H2,1-6H3/b8-7+. The summed E-state index contributed by atoms with van der Waals surface area (Å²) in [7, 11) is 0. The average molecular weight is 300 g/mol. The van der Waals surface area contributed by atoms with E-state index < -0.39 is 0 Å². The Labute approximate surface area is 134 Å². The van der Waals surface area contributed by atoms with Crippen molar-refractivity contribution in [1.29, 1.82) is 0 Å². The number of carbonyl (C=O) groups excluding carboxylic acids is 1. The van der Waals surface area contributed by atoms with Gasteiger partial charge in [-0.2, -0.15) is 0 Å². The molecule has 0 atom stereocenters. The van der Waals surface area contributed by atoms with Crippen LogP contribution in [-0.4, -0.2) is 10.9 Å². The monoisotopic (exact) mass is 300 g/mol. The van der Waals surface area contributed by atoms with Gasteiger partial charge in [0.1, 0.15) is 5.75 Å². The fraction of sp³-hybridized carbons (Fsp3) is 0.550. The first-order valence-corrected chi connectivity index (χ1v) is 8.15. The van der Waals surface area contributed by atoms with Gasteiger partial charge in [0.15, 0.2) is 5.78 Å². The molecule has 0 aromatic heterocycles. The Morgan fingerprint density at radius 3 is 2.09 bits per heavy atom. The van der Waals surface area contributed by atoms with E-state index in [2.05, 4.69) is 27.7 Å². The molecule has 1 aromatic rings. The van der Waals surface area contributed by atoms with Crippen LogP contribution in [0.2, 0.25) is 0 Å². The maximum Gasteiger partial charge on any atom is 0.189 e. The van der Waals surface area contributed by atoms with Gasteiger partial charge < -0.3 is 5.11 Å². The van der Waals surface area contributed by atoms with Gasteiger partial charge >= 0.3 is 0 Å². The van der Waals surface area contributed by atoms with Crippen molar-refractivity contribution in [3.05, 3.63) is 41.0 Å². The van der Waals surface area contributed by atoms with Gasteiger partial charge in [-0.1, -0.05) is 47.6 Å². The number of rotatable bonds is 3. The van der Waals surface area contributed by atoms with E-state index in [9.17, 15) is 9.90 Å². The van der Waals surface area contributed by atoms with Gasteiger partial charge in [-0.05, 0) is 58.9 Å². The third kappa shape index (κ3) is 3.11. The molecule has 0 spiro atoms. The van der Waals surface area contributed by atoms with Crippen LogP contribution < -0.4 is 0 Å². The Kier molecular flexibility index (Phi) is 4.25. The number of aromatic hydroxyl groups is 1. The SMILES string of the molecule is CC(C)/C=C/C(=O)c1cc2c(cc1O)C(C)(C)CCC2(C)C. The quantitative estimate of drug-likeness (QED) is 0.620. The molecular weight excluding hydrogens is 272 g/mol. The van der Waals surface area contributed by atoms with Crippen LogP contribution in [0.15, 0.2) is 24.3 Å². The molecule has 1 N–H and O–H groups in total. The van der Waals surface area contributed by atoms with Crippen molar-refractivity contribution >= 4 is 5.78 Å². The summed E-state index contributed by atoms with van der Waals surface area (Å²) in [6, 6.07) is 3.73. The second kappa shape index (κ2) is 5.57. The molecule has 120 valence electrons. The minimum Gasteiger partial charge on any atom is -0.507 e. The van der Waals surface area contributed by atoms with Gasteiger partial charge in [0.05, 0.1) is 5.56 Å². The third-order valence-corrected chi connectivity index (χ3v) is 4.87. The molecule has 0 aliphatic heterocycles. The van der Waals surface area contributed by atoms with E-state index in [-0.39, 0.29) is 22.4 Å². The van der Waals surface area contributed by atoms with Gasteiger partial charge in [-0.25, -0.2) is 0 Å². The first-order valence-electron chi connectivity index (χ1n) is 8.15. The van der Waals surface area contributed by atoms with Gasteiger partial charge in [0.25, 0.3) is 0 Å². The van der Waals surface area contributed by atoms with Crippen molar-refractivity contribution in [3.63, 3.8) is 0 Å². The zero-order valence-electron chi connectivity index (χ0n) is 14.7. The Morgan fingerprint density at radius 2 is 1.59 bits per heavy atom. The molecule has 0 fully saturated rings. The summed E-state index contributed by atoms with van der Waals surface area (Å²) in [5.41, 5.74) is 2.86. The van der Waals surface area contributed by atoms with Crippen LogP contribution in [0.25, 0.3) is 0 Å². The highest BCUT2D eigenvalue weighted by molar-refractivity contribution is 6.06. The zero-order valence-corrected chi connectivity index (χ0v) is 14.7. The van der Waals surface area contributed by atoms with Crippen LogP contribution in [0, 0.1) is 5.92 Å². The van der Waals surface area contributed by atoms with Crippen LogP contribution in [0.5, 0.6) is 5.75 Å². The number of phenols is 1. The number of ketones is 1. The predicted octanol–water partition coefficient (Wildman–Crippen LogP) is 5.14. The number of hydrogen-bond donors (Lipinski definition) is 1. The average Bonchev–Trinajstić information content (AvgIpc) is 2.41. The van der Waals surface area contributed by atoms with Gasteiger partial charge in [-0.15, -0.1) is 0 Å². The van der Waals surface area contributed by atoms with Crippen LogP contribution in [0.1, 0.15) is 75.9 Å². The summed E-state index contributed by atoms with van der Waals surface area (Å²) < 4.78 is 0. The molecular formula is C20H28O2. The molecule has 0 saturated carbocycles. The molecule has 1 aliphatic rings. The molecule has 0 unspecified atom stereocenters. The lowest BCUT2D eigenvalue weighted by Gasteiger charge is -2.42. The topological polar surface area (TPSA) is 37.3 Å². The van der Waals surface area contributed by atoms with Gasteiger partial charge in [-0.3, -0.25) is 4.79 Å². The van der Waals surface area contributed by atoms with Crippen molar-refractivity contribution in [1.82, 2.24) is 0 Å². The van der Waals surface area contributed by atoms with Crippen molar-refractivity contribution in [3.8, 4) is 5.75 Å². The van der Waals surface area contributed by atoms with Crippen molar-refractivity contribution in [2.24, 2.45) is 5.92 Å². The van der Waals surface area contributed by atoms with E-state index in [4.69, 9.17) is 0 Å². The maximum atomic E-state index is 12.4. The first kappa shape index (κ1) is 16.8. The predicted molar refractivity (Wildman–Crippen MR) is 91.7 cm³/mol. The lowest BCUT2D eigenvalue weighted by molar-refractivity contribution is 0.104.